The van der Waals surface area contributed by atoms with Crippen LogP contribution in [0.15, 0.2) is 0 Å². The van der Waals surface area contributed by atoms with Crippen molar-refractivity contribution in [3.63, 3.8) is 0 Å². The van der Waals surface area contributed by atoms with Crippen LogP contribution in [0.4, 0.5) is 0 Å². The van der Waals surface area contributed by atoms with Crippen molar-refractivity contribution in [1.29, 1.82) is 0 Å². The quantitative estimate of drug-likeness (QED) is 0.595. The smallest absolute Gasteiger partial charge is 0.326 e. The van der Waals surface area contributed by atoms with Crippen molar-refractivity contribution in [3.8, 4) is 0 Å². The number of hydrogen-bond acceptors (Lipinski definition) is 3. The van der Waals surface area contributed by atoms with Crippen molar-refractivity contribution in [3.05, 3.63) is 0 Å². The number of hydrogen-bond donors (Lipinski definition) is 1. The first-order valence-corrected chi connectivity index (χ1v) is 6.45. The van der Waals surface area contributed by atoms with E-state index in [4.69, 9.17) is 10.5 Å². The summed E-state index contributed by atoms with van der Waals surface area (Å²) in [7, 11) is 0. The van der Waals surface area contributed by atoms with E-state index in [1.807, 2.05) is 6.92 Å². The Morgan fingerprint density at radius 3 is 2.69 bits per heavy atom. The Morgan fingerprint density at radius 1 is 1.44 bits per heavy atom. The number of esters is 1. The van der Waals surface area contributed by atoms with Gasteiger partial charge in [-0.1, -0.05) is 26.7 Å². The molecule has 1 aliphatic carbocycles. The van der Waals surface area contributed by atoms with Crippen molar-refractivity contribution in [2.75, 3.05) is 6.61 Å². The van der Waals surface area contributed by atoms with E-state index in [2.05, 4.69) is 13.8 Å². The van der Waals surface area contributed by atoms with Gasteiger partial charge in [-0.05, 0) is 38.0 Å². The summed E-state index contributed by atoms with van der Waals surface area (Å²) in [6.07, 6.45) is 4.82. The maximum Gasteiger partial charge on any atom is 0.326 e. The van der Waals surface area contributed by atoms with Crippen LogP contribution in [0, 0.1) is 11.8 Å². The van der Waals surface area contributed by atoms with E-state index in [9.17, 15) is 4.79 Å². The van der Waals surface area contributed by atoms with Crippen LogP contribution in [0.3, 0.4) is 0 Å². The van der Waals surface area contributed by atoms with Crippen LogP contribution in [0.1, 0.15) is 52.9 Å². The lowest BCUT2D eigenvalue weighted by molar-refractivity contribution is -0.150. The molecule has 1 fully saturated rings. The average Bonchev–Trinajstić information content (AvgIpc) is 2.42. The van der Waals surface area contributed by atoms with Gasteiger partial charge in [0.1, 0.15) is 5.54 Å². The highest BCUT2D eigenvalue weighted by atomic mass is 16.5. The highest BCUT2D eigenvalue weighted by Crippen LogP contribution is 2.33. The third kappa shape index (κ3) is 3.21. The summed E-state index contributed by atoms with van der Waals surface area (Å²) < 4.78 is 5.07. The molecule has 2 N–H and O–H groups in total. The Bertz CT molecular complexity index is 240. The molecule has 0 aromatic heterocycles. The number of carbonyl (C=O) groups is 1. The van der Waals surface area contributed by atoms with Crippen molar-refractivity contribution in [1.82, 2.24) is 0 Å². The molecule has 3 nitrogen and oxygen atoms in total. The van der Waals surface area contributed by atoms with Crippen LogP contribution in [-0.2, 0) is 9.53 Å². The van der Waals surface area contributed by atoms with E-state index >= 15 is 0 Å². The molecule has 1 saturated carbocycles. The lowest BCUT2D eigenvalue weighted by Crippen LogP contribution is -2.48. The fraction of sp³-hybridized carbons (Fsp3) is 0.923. The Labute approximate surface area is 98.7 Å². The fourth-order valence-electron chi connectivity index (χ4n) is 2.54. The summed E-state index contributed by atoms with van der Waals surface area (Å²) in [5, 5.41) is 0. The molecule has 0 heterocycles. The molecule has 0 aromatic carbocycles. The second-order valence-electron chi connectivity index (χ2n) is 5.31. The van der Waals surface area contributed by atoms with Crippen molar-refractivity contribution in [2.24, 2.45) is 17.6 Å². The van der Waals surface area contributed by atoms with Crippen molar-refractivity contribution in [2.45, 2.75) is 58.4 Å². The van der Waals surface area contributed by atoms with Crippen LogP contribution in [0.5, 0.6) is 0 Å². The van der Waals surface area contributed by atoms with Gasteiger partial charge in [-0.3, -0.25) is 4.79 Å². The molecule has 0 aromatic rings. The van der Waals surface area contributed by atoms with E-state index < -0.39 is 5.54 Å². The molecule has 94 valence electrons. The van der Waals surface area contributed by atoms with Gasteiger partial charge in [0.15, 0.2) is 0 Å². The first-order chi connectivity index (χ1) is 7.49. The number of nitrogens with two attached hydrogens (primary N) is 1. The van der Waals surface area contributed by atoms with Gasteiger partial charge in [0.05, 0.1) is 6.61 Å². The molecule has 1 aliphatic rings. The van der Waals surface area contributed by atoms with E-state index in [-0.39, 0.29) is 5.97 Å². The number of carbonyl (C=O) groups excluding carboxylic acids is 1. The molecule has 3 heteroatoms. The third-order valence-electron chi connectivity index (χ3n) is 3.78. The summed E-state index contributed by atoms with van der Waals surface area (Å²) in [4.78, 5) is 11.8. The van der Waals surface area contributed by atoms with Gasteiger partial charge in [0, 0.05) is 0 Å². The summed E-state index contributed by atoms with van der Waals surface area (Å²) in [5.74, 6) is 1.18. The van der Waals surface area contributed by atoms with Crippen LogP contribution in [-0.4, -0.2) is 18.1 Å². The normalized spacial score (nSPS) is 31.2. The molecule has 16 heavy (non-hydrogen) atoms. The van der Waals surface area contributed by atoms with Gasteiger partial charge in [-0.25, -0.2) is 0 Å². The van der Waals surface area contributed by atoms with E-state index in [1.54, 1.807) is 0 Å². The molecule has 0 bridgehead atoms. The molecule has 0 spiro atoms. The lowest BCUT2D eigenvalue weighted by atomic mass is 9.87. The van der Waals surface area contributed by atoms with Gasteiger partial charge in [-0.15, -0.1) is 0 Å². The molecule has 2 unspecified atom stereocenters. The monoisotopic (exact) mass is 227 g/mol. The summed E-state index contributed by atoms with van der Waals surface area (Å²) in [5.41, 5.74) is 5.45. The van der Waals surface area contributed by atoms with E-state index in [0.29, 0.717) is 18.4 Å². The zero-order chi connectivity index (χ0) is 12.2. The van der Waals surface area contributed by atoms with Crippen LogP contribution < -0.4 is 5.73 Å². The van der Waals surface area contributed by atoms with Crippen LogP contribution in [0.25, 0.3) is 0 Å². The zero-order valence-corrected chi connectivity index (χ0v) is 10.8. The highest BCUT2D eigenvalue weighted by Gasteiger charge is 2.37. The molecule has 0 amide bonds. The number of ether oxygens (including phenoxy) is 1. The predicted molar refractivity (Wildman–Crippen MR) is 65.0 cm³/mol. The second kappa shape index (κ2) is 5.67. The fourth-order valence-corrected chi connectivity index (χ4v) is 2.54. The minimum atomic E-state index is -0.723. The van der Waals surface area contributed by atoms with Crippen LogP contribution >= 0.6 is 0 Å². The van der Waals surface area contributed by atoms with Gasteiger partial charge < -0.3 is 10.5 Å². The summed E-state index contributed by atoms with van der Waals surface area (Å²) in [6.45, 7) is 6.75. The molecular weight excluding hydrogens is 202 g/mol. The molecule has 0 radical (unpaired) electrons. The Hall–Kier alpha value is -0.570. The first kappa shape index (κ1) is 13.5. The van der Waals surface area contributed by atoms with Gasteiger partial charge in [-0.2, -0.15) is 0 Å². The zero-order valence-electron chi connectivity index (χ0n) is 10.8. The summed E-state index contributed by atoms with van der Waals surface area (Å²) in [6, 6.07) is 0. The predicted octanol–water partition coefficient (Wildman–Crippen LogP) is 2.48. The van der Waals surface area contributed by atoms with Gasteiger partial charge >= 0.3 is 5.97 Å². The molecule has 2 atom stereocenters. The largest absolute Gasteiger partial charge is 0.465 e. The first-order valence-electron chi connectivity index (χ1n) is 6.45. The minimum absolute atomic E-state index is 0.209. The molecule has 0 aliphatic heterocycles. The Balaban J connectivity index is 2.60. The molecule has 1 rings (SSSR count). The Morgan fingerprint density at radius 2 is 2.12 bits per heavy atom. The van der Waals surface area contributed by atoms with E-state index in [1.165, 1.54) is 6.42 Å². The lowest BCUT2D eigenvalue weighted by Gasteiger charge is -2.25. The summed E-state index contributed by atoms with van der Waals surface area (Å²) >= 11 is 0. The average molecular weight is 227 g/mol. The molecular formula is C13H25NO2. The van der Waals surface area contributed by atoms with Crippen LogP contribution in [0.2, 0.25) is 0 Å². The Kier molecular flexibility index (Phi) is 4.78. The molecule has 0 saturated heterocycles. The van der Waals surface area contributed by atoms with Crippen molar-refractivity contribution < 1.29 is 9.53 Å². The second-order valence-corrected chi connectivity index (χ2v) is 5.31. The van der Waals surface area contributed by atoms with Gasteiger partial charge in [0.25, 0.3) is 0 Å². The van der Waals surface area contributed by atoms with Crippen molar-refractivity contribution >= 4 is 5.97 Å². The third-order valence-corrected chi connectivity index (χ3v) is 3.78. The highest BCUT2D eigenvalue weighted by molar-refractivity contribution is 5.80. The standard InChI is InChI=1S/C13H25NO2/c1-4-16-12(15)13(14)8-5-6-11(7-9-13)10(2)3/h10-11H,4-9,14H2,1-3H3. The number of rotatable bonds is 3. The maximum absolute atomic E-state index is 11.8. The topological polar surface area (TPSA) is 52.3 Å². The SMILES string of the molecule is CCOC(=O)C1(N)CCCC(C(C)C)CC1. The van der Waals surface area contributed by atoms with Gasteiger partial charge in [0.2, 0.25) is 0 Å². The maximum atomic E-state index is 11.8. The minimum Gasteiger partial charge on any atom is -0.465 e. The van der Waals surface area contributed by atoms with E-state index in [0.717, 1.165) is 25.7 Å².